The molecule has 184 valence electrons. The summed E-state index contributed by atoms with van der Waals surface area (Å²) in [5.74, 6) is -0.621. The van der Waals surface area contributed by atoms with E-state index in [1.165, 1.54) is 0 Å². The Morgan fingerprint density at radius 2 is 1.83 bits per heavy atom. The Labute approximate surface area is 209 Å². The molecule has 1 saturated heterocycles. The van der Waals surface area contributed by atoms with Gasteiger partial charge in [0.1, 0.15) is 6.07 Å². The van der Waals surface area contributed by atoms with Gasteiger partial charge in [-0.15, -0.1) is 10.2 Å². The van der Waals surface area contributed by atoms with Gasteiger partial charge in [-0.05, 0) is 68.9 Å². The first-order chi connectivity index (χ1) is 16.9. The number of benzene rings is 1. The highest BCUT2D eigenvalue weighted by atomic mass is 35.5. The first-order valence-corrected chi connectivity index (χ1v) is 12.3. The molecule has 1 aliphatic heterocycles. The molecule has 2 aromatic rings. The summed E-state index contributed by atoms with van der Waals surface area (Å²) in [6.07, 6.45) is 4.72. The van der Waals surface area contributed by atoms with Crippen molar-refractivity contribution in [3.8, 4) is 6.07 Å². The zero-order chi connectivity index (χ0) is 24.9. The molecule has 2 heterocycles. The van der Waals surface area contributed by atoms with E-state index in [1.807, 2.05) is 24.1 Å². The van der Waals surface area contributed by atoms with Gasteiger partial charge in [0.25, 0.3) is 5.91 Å². The van der Waals surface area contributed by atoms with Crippen molar-refractivity contribution in [2.75, 3.05) is 29.9 Å². The first kappa shape index (κ1) is 24.7. The standard InChI is InChI=1S/C25H29ClN6O3/c1-31(20-5-2-17(15-27)21(26)14-20)19-6-3-18(4-7-19)28-24(33)22-8-9-23(30-29-22)32-12-10-16(11-13-32)25(34)35/h2,5,8-9,14,16,18-19H,3-4,6-7,10-13H2,1H3,(H,28,33)(H,34,35)/t18-,19-. The van der Waals surface area contributed by atoms with Crippen LogP contribution in [0.5, 0.6) is 0 Å². The maximum Gasteiger partial charge on any atom is 0.306 e. The molecule has 0 bridgehead atoms. The van der Waals surface area contributed by atoms with Crippen molar-refractivity contribution in [2.24, 2.45) is 5.92 Å². The minimum Gasteiger partial charge on any atom is -0.481 e. The SMILES string of the molecule is CN(c1ccc(C#N)c(Cl)c1)[C@H]1CC[C@H](NC(=O)c2ccc(N3CCC(C(=O)O)CC3)nn2)CC1. The lowest BCUT2D eigenvalue weighted by Crippen LogP contribution is -2.43. The Hall–Kier alpha value is -3.38. The number of rotatable bonds is 6. The average molecular weight is 497 g/mol. The number of aliphatic carboxylic acids is 1. The molecule has 10 heteroatoms. The number of halogens is 1. The zero-order valence-electron chi connectivity index (χ0n) is 19.7. The topological polar surface area (TPSA) is 122 Å². The minimum absolute atomic E-state index is 0.0771. The van der Waals surface area contributed by atoms with E-state index < -0.39 is 5.97 Å². The van der Waals surface area contributed by atoms with Crippen LogP contribution >= 0.6 is 11.6 Å². The fraction of sp³-hybridized carbons (Fsp3) is 0.480. The van der Waals surface area contributed by atoms with Crippen LogP contribution in [0.25, 0.3) is 0 Å². The number of nitrogens with zero attached hydrogens (tertiary/aromatic N) is 5. The number of carbonyl (C=O) groups excluding carboxylic acids is 1. The largest absolute Gasteiger partial charge is 0.481 e. The van der Waals surface area contributed by atoms with Crippen LogP contribution in [0.2, 0.25) is 5.02 Å². The van der Waals surface area contributed by atoms with Gasteiger partial charge in [-0.25, -0.2) is 0 Å². The molecular formula is C25H29ClN6O3. The fourth-order valence-corrected chi connectivity index (χ4v) is 5.08. The molecule has 0 radical (unpaired) electrons. The predicted molar refractivity (Wildman–Crippen MR) is 133 cm³/mol. The molecule has 35 heavy (non-hydrogen) atoms. The van der Waals surface area contributed by atoms with E-state index in [0.717, 1.165) is 31.4 Å². The molecule has 1 aromatic carbocycles. The van der Waals surface area contributed by atoms with Crippen molar-refractivity contribution in [1.82, 2.24) is 15.5 Å². The van der Waals surface area contributed by atoms with E-state index in [2.05, 4.69) is 26.5 Å². The number of aromatic nitrogens is 2. The second-order valence-electron chi connectivity index (χ2n) is 9.24. The monoisotopic (exact) mass is 496 g/mol. The summed E-state index contributed by atoms with van der Waals surface area (Å²) in [6, 6.07) is 11.4. The molecule has 0 unspecified atom stereocenters. The third-order valence-corrected chi connectivity index (χ3v) is 7.42. The van der Waals surface area contributed by atoms with Gasteiger partial charge in [-0.1, -0.05) is 11.6 Å². The van der Waals surface area contributed by atoms with Crippen LogP contribution < -0.4 is 15.1 Å². The van der Waals surface area contributed by atoms with E-state index >= 15 is 0 Å². The maximum atomic E-state index is 12.7. The number of hydrogen-bond acceptors (Lipinski definition) is 7. The quantitative estimate of drug-likeness (QED) is 0.623. The molecule has 2 N–H and O–H groups in total. The van der Waals surface area contributed by atoms with Gasteiger partial charge in [-0.2, -0.15) is 5.26 Å². The summed E-state index contributed by atoms with van der Waals surface area (Å²) < 4.78 is 0. The highest BCUT2D eigenvalue weighted by Gasteiger charge is 2.27. The van der Waals surface area contributed by atoms with Crippen molar-refractivity contribution in [3.05, 3.63) is 46.6 Å². The second kappa shape index (κ2) is 10.9. The van der Waals surface area contributed by atoms with Gasteiger partial charge in [0, 0.05) is 37.9 Å². The lowest BCUT2D eigenvalue weighted by atomic mass is 9.90. The summed E-state index contributed by atoms with van der Waals surface area (Å²) >= 11 is 6.19. The smallest absolute Gasteiger partial charge is 0.306 e. The van der Waals surface area contributed by atoms with Gasteiger partial charge < -0.3 is 20.2 Å². The second-order valence-corrected chi connectivity index (χ2v) is 9.65. The third kappa shape index (κ3) is 5.82. The number of nitrogens with one attached hydrogen (secondary N) is 1. The molecule has 1 amide bonds. The van der Waals surface area contributed by atoms with E-state index in [9.17, 15) is 9.59 Å². The Morgan fingerprint density at radius 1 is 1.11 bits per heavy atom. The van der Waals surface area contributed by atoms with Crippen molar-refractivity contribution < 1.29 is 14.7 Å². The van der Waals surface area contributed by atoms with Crippen molar-refractivity contribution in [3.63, 3.8) is 0 Å². The molecule has 2 aliphatic rings. The van der Waals surface area contributed by atoms with E-state index in [4.69, 9.17) is 22.0 Å². The van der Waals surface area contributed by atoms with Crippen molar-refractivity contribution in [1.29, 1.82) is 5.26 Å². The number of anilines is 2. The number of carboxylic acid groups (broad SMARTS) is 1. The first-order valence-electron chi connectivity index (χ1n) is 11.9. The summed E-state index contributed by atoms with van der Waals surface area (Å²) in [4.78, 5) is 28.0. The van der Waals surface area contributed by atoms with Crippen LogP contribution in [0.15, 0.2) is 30.3 Å². The van der Waals surface area contributed by atoms with Gasteiger partial charge >= 0.3 is 5.97 Å². The molecule has 9 nitrogen and oxygen atoms in total. The molecule has 0 spiro atoms. The average Bonchev–Trinajstić information content (AvgIpc) is 2.88. The Balaban J connectivity index is 1.26. The summed E-state index contributed by atoms with van der Waals surface area (Å²) in [5.41, 5.74) is 1.72. The number of carboxylic acids is 1. The number of piperidine rings is 1. The number of nitriles is 1. The summed E-state index contributed by atoms with van der Waals surface area (Å²) in [7, 11) is 2.03. The maximum absolute atomic E-state index is 12.7. The molecule has 4 rings (SSSR count). The number of carbonyl (C=O) groups is 2. The summed E-state index contributed by atoms with van der Waals surface area (Å²) in [6.45, 7) is 1.23. The Morgan fingerprint density at radius 3 is 2.40 bits per heavy atom. The van der Waals surface area contributed by atoms with Gasteiger partial charge in [0.05, 0.1) is 16.5 Å². The Bertz CT molecular complexity index is 1100. The van der Waals surface area contributed by atoms with E-state index in [1.54, 1.807) is 18.2 Å². The molecule has 0 atom stereocenters. The zero-order valence-corrected chi connectivity index (χ0v) is 20.4. The normalized spacial score (nSPS) is 20.7. The van der Waals surface area contributed by atoms with E-state index in [0.29, 0.717) is 48.4 Å². The molecule has 1 aromatic heterocycles. The molecular weight excluding hydrogens is 468 g/mol. The van der Waals surface area contributed by atoms with Crippen LogP contribution in [0.1, 0.15) is 54.6 Å². The number of amides is 1. The third-order valence-electron chi connectivity index (χ3n) is 7.11. The minimum atomic E-state index is -0.748. The van der Waals surface area contributed by atoms with Crippen molar-refractivity contribution in [2.45, 2.75) is 50.6 Å². The summed E-state index contributed by atoms with van der Waals surface area (Å²) in [5, 5.41) is 30.1. The van der Waals surface area contributed by atoms with Crippen LogP contribution in [-0.4, -0.2) is 59.4 Å². The predicted octanol–water partition coefficient (Wildman–Crippen LogP) is 3.48. The van der Waals surface area contributed by atoms with Gasteiger partial charge in [-0.3, -0.25) is 9.59 Å². The van der Waals surface area contributed by atoms with Crippen LogP contribution in [0.4, 0.5) is 11.5 Å². The van der Waals surface area contributed by atoms with Crippen LogP contribution in [-0.2, 0) is 4.79 Å². The van der Waals surface area contributed by atoms with E-state index in [-0.39, 0.29) is 23.6 Å². The van der Waals surface area contributed by atoms with Crippen LogP contribution in [0.3, 0.4) is 0 Å². The van der Waals surface area contributed by atoms with Crippen LogP contribution in [0, 0.1) is 17.2 Å². The highest BCUT2D eigenvalue weighted by molar-refractivity contribution is 6.32. The highest BCUT2D eigenvalue weighted by Crippen LogP contribution is 2.29. The molecule has 2 fully saturated rings. The molecule has 1 saturated carbocycles. The Kier molecular flexibility index (Phi) is 7.71. The van der Waals surface area contributed by atoms with Gasteiger partial charge in [0.2, 0.25) is 0 Å². The molecule has 1 aliphatic carbocycles. The number of hydrogen-bond donors (Lipinski definition) is 2. The fourth-order valence-electron chi connectivity index (χ4n) is 4.86. The van der Waals surface area contributed by atoms with Gasteiger partial charge in [0.15, 0.2) is 11.5 Å². The lowest BCUT2D eigenvalue weighted by molar-refractivity contribution is -0.142. The van der Waals surface area contributed by atoms with Crippen molar-refractivity contribution >= 4 is 35.0 Å². The lowest BCUT2D eigenvalue weighted by Gasteiger charge is -2.36.